The summed E-state index contributed by atoms with van der Waals surface area (Å²) in [5, 5.41) is 20.4. The highest BCUT2D eigenvalue weighted by molar-refractivity contribution is 7.99. The van der Waals surface area contributed by atoms with E-state index in [0.717, 1.165) is 12.2 Å². The van der Waals surface area contributed by atoms with Crippen molar-refractivity contribution in [2.24, 2.45) is 0 Å². The van der Waals surface area contributed by atoms with Crippen LogP contribution < -0.4 is 5.32 Å². The van der Waals surface area contributed by atoms with Crippen molar-refractivity contribution in [3.63, 3.8) is 0 Å². The largest absolute Gasteiger partial charge is 0.394 e. The summed E-state index contributed by atoms with van der Waals surface area (Å²) in [5.41, 5.74) is 0. The van der Waals surface area contributed by atoms with Crippen molar-refractivity contribution < 1.29 is 15.0 Å². The van der Waals surface area contributed by atoms with Gasteiger partial charge in [0.05, 0.1) is 12.7 Å². The van der Waals surface area contributed by atoms with Gasteiger partial charge in [-0.25, -0.2) is 0 Å². The molecule has 3 N–H and O–H groups in total. The average molecular weight is 205 g/mol. The molecule has 1 aliphatic heterocycles. The van der Waals surface area contributed by atoms with Gasteiger partial charge in [-0.15, -0.1) is 0 Å². The zero-order valence-electron chi connectivity index (χ0n) is 7.40. The van der Waals surface area contributed by atoms with Gasteiger partial charge in [-0.2, -0.15) is 11.8 Å². The molecule has 1 aliphatic rings. The van der Waals surface area contributed by atoms with Gasteiger partial charge in [-0.05, 0) is 6.42 Å². The van der Waals surface area contributed by atoms with Gasteiger partial charge < -0.3 is 15.5 Å². The highest BCUT2D eigenvalue weighted by Crippen LogP contribution is 2.13. The summed E-state index contributed by atoms with van der Waals surface area (Å²) >= 11 is 1.56. The molecule has 1 amide bonds. The summed E-state index contributed by atoms with van der Waals surface area (Å²) in [6.07, 6.45) is 0.872. The molecule has 0 saturated carbocycles. The van der Waals surface area contributed by atoms with Crippen molar-refractivity contribution in [2.45, 2.75) is 25.0 Å². The van der Waals surface area contributed by atoms with E-state index in [9.17, 15) is 4.79 Å². The molecule has 13 heavy (non-hydrogen) atoms. The fourth-order valence-electron chi connectivity index (χ4n) is 1.20. The Bertz CT molecular complexity index is 177. The second-order valence-electron chi connectivity index (χ2n) is 3.18. The van der Waals surface area contributed by atoms with Crippen LogP contribution in [0.2, 0.25) is 0 Å². The lowest BCUT2D eigenvalue weighted by Crippen LogP contribution is -2.28. The predicted molar refractivity (Wildman–Crippen MR) is 51.6 cm³/mol. The normalized spacial score (nSPS) is 24.5. The number of hydrogen-bond acceptors (Lipinski definition) is 4. The first kappa shape index (κ1) is 10.8. The second kappa shape index (κ2) is 5.47. The van der Waals surface area contributed by atoms with Crippen LogP contribution in [0, 0.1) is 0 Å². The van der Waals surface area contributed by atoms with E-state index in [0.29, 0.717) is 12.2 Å². The molecule has 0 spiro atoms. The number of hydrogen-bond donors (Lipinski definition) is 3. The molecule has 1 heterocycles. The molecule has 0 aromatic carbocycles. The molecule has 5 heteroatoms. The van der Waals surface area contributed by atoms with Gasteiger partial charge in [0.15, 0.2) is 0 Å². The molecule has 2 atom stereocenters. The fourth-order valence-corrected chi connectivity index (χ4v) is 2.25. The Labute approximate surface area is 81.7 Å². The van der Waals surface area contributed by atoms with E-state index in [1.165, 1.54) is 0 Å². The standard InChI is InChI=1S/C8H15NO3S/c10-3-7(11)5-13-4-6-1-2-8(12)9-6/h6-7,10-11H,1-5H2,(H,9,12). The zero-order chi connectivity index (χ0) is 9.68. The van der Waals surface area contributed by atoms with E-state index in [1.54, 1.807) is 11.8 Å². The summed E-state index contributed by atoms with van der Waals surface area (Å²) in [4.78, 5) is 10.8. The lowest BCUT2D eigenvalue weighted by molar-refractivity contribution is -0.119. The maximum absolute atomic E-state index is 10.8. The molecule has 4 nitrogen and oxygen atoms in total. The van der Waals surface area contributed by atoms with Crippen LogP contribution in [-0.2, 0) is 4.79 Å². The number of carbonyl (C=O) groups excluding carboxylic acids is 1. The maximum atomic E-state index is 10.8. The molecule has 0 radical (unpaired) electrons. The highest BCUT2D eigenvalue weighted by atomic mass is 32.2. The van der Waals surface area contributed by atoms with Crippen LogP contribution in [0.5, 0.6) is 0 Å². The first-order valence-electron chi connectivity index (χ1n) is 4.38. The van der Waals surface area contributed by atoms with Crippen molar-refractivity contribution >= 4 is 17.7 Å². The molecule has 1 saturated heterocycles. The average Bonchev–Trinajstić information content (AvgIpc) is 2.51. The molecule has 2 unspecified atom stereocenters. The van der Waals surface area contributed by atoms with E-state index >= 15 is 0 Å². The van der Waals surface area contributed by atoms with Crippen LogP contribution >= 0.6 is 11.8 Å². The summed E-state index contributed by atoms with van der Waals surface area (Å²) < 4.78 is 0. The Hall–Kier alpha value is -0.260. The van der Waals surface area contributed by atoms with Gasteiger partial charge in [0, 0.05) is 24.0 Å². The minimum absolute atomic E-state index is 0.119. The predicted octanol–water partition coefficient (Wildman–Crippen LogP) is -0.649. The van der Waals surface area contributed by atoms with Crippen molar-refractivity contribution in [3.8, 4) is 0 Å². The third-order valence-corrected chi connectivity index (χ3v) is 3.18. The molecule has 1 fully saturated rings. The number of aliphatic hydroxyl groups is 2. The minimum Gasteiger partial charge on any atom is -0.394 e. The van der Waals surface area contributed by atoms with Gasteiger partial charge in [0.1, 0.15) is 0 Å². The van der Waals surface area contributed by atoms with Crippen LogP contribution in [-0.4, -0.2) is 46.4 Å². The topological polar surface area (TPSA) is 69.6 Å². The number of rotatable bonds is 5. The Kier molecular flexibility index (Phi) is 4.55. The lowest BCUT2D eigenvalue weighted by Gasteiger charge is -2.10. The van der Waals surface area contributed by atoms with E-state index in [4.69, 9.17) is 10.2 Å². The van der Waals surface area contributed by atoms with Crippen LogP contribution in [0.25, 0.3) is 0 Å². The van der Waals surface area contributed by atoms with E-state index in [2.05, 4.69) is 5.32 Å². The molecule has 0 bridgehead atoms. The van der Waals surface area contributed by atoms with E-state index in [1.807, 2.05) is 0 Å². The summed E-state index contributed by atoms with van der Waals surface area (Å²) in [5.74, 6) is 1.47. The quantitative estimate of drug-likeness (QED) is 0.558. The molecule has 0 aromatic heterocycles. The second-order valence-corrected chi connectivity index (χ2v) is 4.25. The number of amides is 1. The number of nitrogens with one attached hydrogen (secondary N) is 1. The number of thioether (sulfide) groups is 1. The molecule has 76 valence electrons. The summed E-state index contributed by atoms with van der Waals surface area (Å²) in [7, 11) is 0. The van der Waals surface area contributed by atoms with Crippen LogP contribution in [0.3, 0.4) is 0 Å². The first-order chi connectivity index (χ1) is 6.22. The number of aliphatic hydroxyl groups excluding tert-OH is 2. The van der Waals surface area contributed by atoms with Gasteiger partial charge in [-0.1, -0.05) is 0 Å². The lowest BCUT2D eigenvalue weighted by atomic mass is 10.2. The van der Waals surface area contributed by atoms with Crippen LogP contribution in [0.15, 0.2) is 0 Å². The Morgan fingerprint density at radius 1 is 1.69 bits per heavy atom. The van der Waals surface area contributed by atoms with Crippen molar-refractivity contribution in [3.05, 3.63) is 0 Å². The molecular formula is C8H15NO3S. The molecule has 1 rings (SSSR count). The third kappa shape index (κ3) is 3.97. The Morgan fingerprint density at radius 3 is 3.00 bits per heavy atom. The van der Waals surface area contributed by atoms with Gasteiger partial charge >= 0.3 is 0 Å². The van der Waals surface area contributed by atoms with Gasteiger partial charge in [0.25, 0.3) is 0 Å². The highest BCUT2D eigenvalue weighted by Gasteiger charge is 2.20. The smallest absolute Gasteiger partial charge is 0.220 e. The zero-order valence-corrected chi connectivity index (χ0v) is 8.22. The van der Waals surface area contributed by atoms with E-state index < -0.39 is 6.10 Å². The summed E-state index contributed by atoms with van der Waals surface area (Å²) in [6, 6.07) is 0.253. The first-order valence-corrected chi connectivity index (χ1v) is 5.54. The van der Waals surface area contributed by atoms with Crippen molar-refractivity contribution in [1.29, 1.82) is 0 Å². The fraction of sp³-hybridized carbons (Fsp3) is 0.875. The third-order valence-electron chi connectivity index (χ3n) is 1.92. The Morgan fingerprint density at radius 2 is 2.46 bits per heavy atom. The minimum atomic E-state index is -0.637. The molecule has 0 aromatic rings. The van der Waals surface area contributed by atoms with Crippen molar-refractivity contribution in [2.75, 3.05) is 18.1 Å². The Balaban J connectivity index is 2.03. The monoisotopic (exact) mass is 205 g/mol. The maximum Gasteiger partial charge on any atom is 0.220 e. The number of carbonyl (C=O) groups is 1. The SMILES string of the molecule is O=C1CCC(CSCC(O)CO)N1. The summed E-state index contributed by atoms with van der Waals surface area (Å²) in [6.45, 7) is -0.190. The van der Waals surface area contributed by atoms with E-state index in [-0.39, 0.29) is 18.6 Å². The molecular weight excluding hydrogens is 190 g/mol. The van der Waals surface area contributed by atoms with Crippen LogP contribution in [0.4, 0.5) is 0 Å². The van der Waals surface area contributed by atoms with Gasteiger partial charge in [-0.3, -0.25) is 4.79 Å². The van der Waals surface area contributed by atoms with Gasteiger partial charge in [0.2, 0.25) is 5.91 Å². The molecule has 0 aliphatic carbocycles. The van der Waals surface area contributed by atoms with Crippen molar-refractivity contribution in [1.82, 2.24) is 5.32 Å². The van der Waals surface area contributed by atoms with Crippen LogP contribution in [0.1, 0.15) is 12.8 Å².